The largest absolute Gasteiger partial charge is 0.282 e. The fourth-order valence-corrected chi connectivity index (χ4v) is 2.54. The van der Waals surface area contributed by atoms with Crippen LogP contribution in [0.4, 0.5) is 0 Å². The van der Waals surface area contributed by atoms with E-state index < -0.39 is 0 Å². The van der Waals surface area contributed by atoms with Gasteiger partial charge in [0, 0.05) is 11.1 Å². The second-order valence-corrected chi connectivity index (χ2v) is 4.62. The Morgan fingerprint density at radius 2 is 2.07 bits per heavy atom. The summed E-state index contributed by atoms with van der Waals surface area (Å²) < 4.78 is 1.21. The van der Waals surface area contributed by atoms with Crippen LogP contribution in [0.5, 0.6) is 0 Å². The van der Waals surface area contributed by atoms with Crippen LogP contribution in [0.15, 0.2) is 12.1 Å². The monoisotopic (exact) mass is 203 g/mol. The van der Waals surface area contributed by atoms with E-state index in [-0.39, 0.29) is 0 Å². The molecule has 0 bridgehead atoms. The van der Waals surface area contributed by atoms with E-state index in [9.17, 15) is 0 Å². The van der Waals surface area contributed by atoms with Gasteiger partial charge in [-0.2, -0.15) is 5.10 Å². The van der Waals surface area contributed by atoms with Crippen molar-refractivity contribution in [2.75, 3.05) is 0 Å². The number of H-pyrrole nitrogens is 1. The average Bonchev–Trinajstić information content (AvgIpc) is 2.68. The Morgan fingerprint density at radius 1 is 1.21 bits per heavy atom. The van der Waals surface area contributed by atoms with Gasteiger partial charge in [-0.25, -0.2) is 4.98 Å². The minimum Gasteiger partial charge on any atom is -0.282 e. The van der Waals surface area contributed by atoms with Crippen LogP contribution in [-0.4, -0.2) is 15.2 Å². The van der Waals surface area contributed by atoms with Gasteiger partial charge in [0.25, 0.3) is 0 Å². The van der Waals surface area contributed by atoms with E-state index in [0.717, 1.165) is 21.7 Å². The highest BCUT2D eigenvalue weighted by atomic mass is 32.1. The van der Waals surface area contributed by atoms with Crippen molar-refractivity contribution in [1.29, 1.82) is 0 Å². The zero-order valence-corrected chi connectivity index (χ0v) is 8.77. The van der Waals surface area contributed by atoms with Crippen LogP contribution >= 0.6 is 11.3 Å². The van der Waals surface area contributed by atoms with E-state index in [1.54, 1.807) is 11.3 Å². The van der Waals surface area contributed by atoms with Gasteiger partial charge in [-0.1, -0.05) is 0 Å². The second kappa shape index (κ2) is 2.54. The molecule has 0 aliphatic rings. The van der Waals surface area contributed by atoms with Gasteiger partial charge in [-0.3, -0.25) is 5.10 Å². The molecule has 0 atom stereocenters. The molecular weight excluding hydrogens is 194 g/mol. The number of hydrogen-bond donors (Lipinski definition) is 1. The number of aryl methyl sites for hydroxylation is 2. The molecular formula is C10H9N3S. The number of nitrogens with one attached hydrogen (secondary N) is 1. The number of nitrogens with zero attached hydrogens (tertiary/aromatic N) is 2. The molecule has 0 unspecified atom stereocenters. The maximum atomic E-state index is 4.49. The second-order valence-electron chi connectivity index (χ2n) is 3.39. The summed E-state index contributed by atoms with van der Waals surface area (Å²) >= 11 is 1.71. The summed E-state index contributed by atoms with van der Waals surface area (Å²) in [4.78, 5) is 4.49. The first-order valence-corrected chi connectivity index (χ1v) is 5.28. The summed E-state index contributed by atoms with van der Waals surface area (Å²) in [6.07, 6.45) is 0. The van der Waals surface area contributed by atoms with Gasteiger partial charge < -0.3 is 0 Å². The van der Waals surface area contributed by atoms with Gasteiger partial charge in [0.2, 0.25) is 0 Å². The van der Waals surface area contributed by atoms with Gasteiger partial charge >= 0.3 is 0 Å². The zero-order chi connectivity index (χ0) is 9.71. The van der Waals surface area contributed by atoms with E-state index in [1.165, 1.54) is 10.1 Å². The van der Waals surface area contributed by atoms with Crippen molar-refractivity contribution in [1.82, 2.24) is 15.2 Å². The summed E-state index contributed by atoms with van der Waals surface area (Å²) in [6, 6.07) is 4.22. The fraction of sp³-hybridized carbons (Fsp3) is 0.200. The fourth-order valence-electron chi connectivity index (χ4n) is 1.71. The molecule has 0 radical (unpaired) electrons. The first kappa shape index (κ1) is 7.94. The summed E-state index contributed by atoms with van der Waals surface area (Å²) in [6.45, 7) is 4.05. The zero-order valence-electron chi connectivity index (χ0n) is 7.96. The topological polar surface area (TPSA) is 41.6 Å². The van der Waals surface area contributed by atoms with Crippen LogP contribution in [0.1, 0.15) is 10.7 Å². The van der Waals surface area contributed by atoms with Crippen molar-refractivity contribution in [3.8, 4) is 0 Å². The normalized spacial score (nSPS) is 11.6. The molecule has 70 valence electrons. The molecule has 1 N–H and O–H groups in total. The SMILES string of the molecule is Cc1nc2c(ccc3c(C)[nH]nc32)s1. The van der Waals surface area contributed by atoms with Gasteiger partial charge in [0.05, 0.1) is 9.71 Å². The Bertz CT molecular complexity index is 621. The lowest BCUT2D eigenvalue weighted by Crippen LogP contribution is -1.73. The minimum absolute atomic E-state index is 0.990. The summed E-state index contributed by atoms with van der Waals surface area (Å²) in [5, 5.41) is 9.53. The number of rotatable bonds is 0. The molecule has 14 heavy (non-hydrogen) atoms. The summed E-state index contributed by atoms with van der Waals surface area (Å²) in [5.41, 5.74) is 3.12. The molecule has 0 aliphatic carbocycles. The molecule has 3 nitrogen and oxygen atoms in total. The van der Waals surface area contributed by atoms with Crippen LogP contribution in [0, 0.1) is 13.8 Å². The Hall–Kier alpha value is -1.42. The van der Waals surface area contributed by atoms with Crippen LogP contribution in [-0.2, 0) is 0 Å². The molecule has 2 aromatic heterocycles. The molecule has 0 spiro atoms. The van der Waals surface area contributed by atoms with E-state index in [2.05, 4.69) is 27.3 Å². The number of benzene rings is 1. The van der Waals surface area contributed by atoms with E-state index in [4.69, 9.17) is 0 Å². The molecule has 1 aromatic carbocycles. The lowest BCUT2D eigenvalue weighted by Gasteiger charge is -1.89. The molecule has 0 amide bonds. The Morgan fingerprint density at radius 3 is 2.93 bits per heavy atom. The Labute approximate surface area is 84.8 Å². The van der Waals surface area contributed by atoms with Crippen molar-refractivity contribution in [3.05, 3.63) is 22.8 Å². The van der Waals surface area contributed by atoms with Crippen molar-refractivity contribution < 1.29 is 0 Å². The van der Waals surface area contributed by atoms with Crippen LogP contribution in [0.2, 0.25) is 0 Å². The Kier molecular flexibility index (Phi) is 1.44. The quantitative estimate of drug-likeness (QED) is 0.610. The lowest BCUT2D eigenvalue weighted by molar-refractivity contribution is 1.07. The van der Waals surface area contributed by atoms with Crippen molar-refractivity contribution in [2.45, 2.75) is 13.8 Å². The molecule has 3 aromatic rings. The standard InChI is InChI=1S/C10H9N3S/c1-5-7-3-4-8-10(9(7)13-12-5)11-6(2)14-8/h3-4H,1-2H3,(H,12,13). The first-order valence-electron chi connectivity index (χ1n) is 4.46. The maximum Gasteiger partial charge on any atom is 0.119 e. The lowest BCUT2D eigenvalue weighted by atomic mass is 10.2. The van der Waals surface area contributed by atoms with Gasteiger partial charge in [-0.15, -0.1) is 11.3 Å². The van der Waals surface area contributed by atoms with Crippen molar-refractivity contribution in [2.24, 2.45) is 0 Å². The third-order valence-electron chi connectivity index (χ3n) is 2.38. The predicted molar refractivity (Wildman–Crippen MR) is 58.7 cm³/mol. The highest BCUT2D eigenvalue weighted by molar-refractivity contribution is 7.18. The molecule has 3 rings (SSSR count). The predicted octanol–water partition coefficient (Wildman–Crippen LogP) is 2.79. The number of thiazole rings is 1. The molecule has 2 heterocycles. The van der Waals surface area contributed by atoms with E-state index in [1.807, 2.05) is 13.8 Å². The maximum absolute atomic E-state index is 4.49. The van der Waals surface area contributed by atoms with Crippen LogP contribution < -0.4 is 0 Å². The molecule has 0 aliphatic heterocycles. The van der Waals surface area contributed by atoms with E-state index >= 15 is 0 Å². The molecule has 0 fully saturated rings. The summed E-state index contributed by atoms with van der Waals surface area (Å²) in [5.74, 6) is 0. The third kappa shape index (κ3) is 0.915. The van der Waals surface area contributed by atoms with E-state index in [0.29, 0.717) is 0 Å². The Balaban J connectivity index is 2.60. The number of hydrogen-bond acceptors (Lipinski definition) is 3. The van der Waals surface area contributed by atoms with Crippen molar-refractivity contribution >= 4 is 32.5 Å². The highest BCUT2D eigenvalue weighted by Gasteiger charge is 2.08. The number of aromatic nitrogens is 3. The van der Waals surface area contributed by atoms with Gasteiger partial charge in [0.15, 0.2) is 0 Å². The molecule has 0 saturated carbocycles. The smallest absolute Gasteiger partial charge is 0.119 e. The highest BCUT2D eigenvalue weighted by Crippen LogP contribution is 2.28. The van der Waals surface area contributed by atoms with Crippen LogP contribution in [0.3, 0.4) is 0 Å². The molecule has 4 heteroatoms. The first-order chi connectivity index (χ1) is 6.75. The van der Waals surface area contributed by atoms with Gasteiger partial charge in [0.1, 0.15) is 11.0 Å². The molecule has 0 saturated heterocycles. The number of aromatic amines is 1. The number of fused-ring (bicyclic) bond motifs is 3. The summed E-state index contributed by atoms with van der Waals surface area (Å²) in [7, 11) is 0. The third-order valence-corrected chi connectivity index (χ3v) is 3.32. The van der Waals surface area contributed by atoms with Crippen molar-refractivity contribution in [3.63, 3.8) is 0 Å². The minimum atomic E-state index is 0.990. The average molecular weight is 203 g/mol. The van der Waals surface area contributed by atoms with Gasteiger partial charge in [-0.05, 0) is 26.0 Å². The van der Waals surface area contributed by atoms with Crippen LogP contribution in [0.25, 0.3) is 21.1 Å².